The Labute approximate surface area is 85.1 Å². The van der Waals surface area contributed by atoms with E-state index in [0.29, 0.717) is 6.10 Å². The maximum Gasteiger partial charge on any atom is 0.110 e. The summed E-state index contributed by atoms with van der Waals surface area (Å²) in [6, 6.07) is 8.02. The normalized spacial score (nSPS) is 24.3. The van der Waals surface area contributed by atoms with E-state index in [9.17, 15) is 0 Å². The fourth-order valence-electron chi connectivity index (χ4n) is 1.80. The van der Waals surface area contributed by atoms with Gasteiger partial charge in [0.1, 0.15) is 6.10 Å². The van der Waals surface area contributed by atoms with Gasteiger partial charge in [0, 0.05) is 5.56 Å². The van der Waals surface area contributed by atoms with Crippen LogP contribution in [0.15, 0.2) is 24.3 Å². The molecule has 1 saturated heterocycles. The molecule has 0 N–H and O–H groups in total. The molecule has 0 radical (unpaired) electrons. The van der Waals surface area contributed by atoms with Crippen LogP contribution in [0, 0.1) is 12.3 Å². The van der Waals surface area contributed by atoms with E-state index in [1.54, 1.807) is 0 Å². The third kappa shape index (κ3) is 1.66. The Morgan fingerprint density at radius 1 is 1.43 bits per heavy atom. The average Bonchev–Trinajstić information content (AvgIpc) is 2.98. The van der Waals surface area contributed by atoms with Crippen LogP contribution in [0.3, 0.4) is 0 Å². The van der Waals surface area contributed by atoms with Crippen LogP contribution >= 0.6 is 0 Å². The summed E-state index contributed by atoms with van der Waals surface area (Å²) in [6.07, 6.45) is 8.37. The molecule has 0 spiro atoms. The number of terminal acetylenes is 1. The predicted octanol–water partition coefficient (Wildman–Crippen LogP) is 2.91. The van der Waals surface area contributed by atoms with E-state index in [1.807, 2.05) is 18.2 Å². The third-order valence-electron chi connectivity index (χ3n) is 2.58. The van der Waals surface area contributed by atoms with Crippen molar-refractivity contribution in [1.82, 2.24) is 0 Å². The van der Waals surface area contributed by atoms with Gasteiger partial charge in [0.05, 0.1) is 6.10 Å². The lowest BCUT2D eigenvalue weighted by Crippen LogP contribution is -1.91. The van der Waals surface area contributed by atoms with Gasteiger partial charge in [-0.1, -0.05) is 37.5 Å². The topological polar surface area (TPSA) is 12.5 Å². The van der Waals surface area contributed by atoms with Crippen molar-refractivity contribution in [2.75, 3.05) is 0 Å². The molecular formula is C13H14O. The quantitative estimate of drug-likeness (QED) is 0.522. The van der Waals surface area contributed by atoms with Gasteiger partial charge >= 0.3 is 0 Å². The van der Waals surface area contributed by atoms with Crippen molar-refractivity contribution in [3.05, 3.63) is 35.4 Å². The van der Waals surface area contributed by atoms with Crippen molar-refractivity contribution in [1.29, 1.82) is 0 Å². The van der Waals surface area contributed by atoms with Gasteiger partial charge in [-0.15, -0.1) is 6.42 Å². The van der Waals surface area contributed by atoms with Crippen LogP contribution in [-0.2, 0) is 4.74 Å². The Morgan fingerprint density at radius 3 is 2.93 bits per heavy atom. The Balaban J connectivity index is 2.15. The van der Waals surface area contributed by atoms with Gasteiger partial charge in [-0.25, -0.2) is 0 Å². The smallest absolute Gasteiger partial charge is 0.110 e. The molecule has 1 aliphatic heterocycles. The standard InChI is InChI=1S/C13H14O/c1-3-7-12-13(14-12)11-9-6-5-8-10(11)4-2/h2,5-6,8-9,12-13H,3,7H2,1H3. The van der Waals surface area contributed by atoms with E-state index in [0.717, 1.165) is 12.0 Å². The van der Waals surface area contributed by atoms with Crippen molar-refractivity contribution in [3.63, 3.8) is 0 Å². The highest BCUT2D eigenvalue weighted by molar-refractivity contribution is 5.42. The summed E-state index contributed by atoms with van der Waals surface area (Å²) in [7, 11) is 0. The molecule has 0 bridgehead atoms. The van der Waals surface area contributed by atoms with Crippen molar-refractivity contribution >= 4 is 0 Å². The van der Waals surface area contributed by atoms with E-state index >= 15 is 0 Å². The summed E-state index contributed by atoms with van der Waals surface area (Å²) in [6.45, 7) is 2.17. The van der Waals surface area contributed by atoms with Crippen LogP contribution in [0.2, 0.25) is 0 Å². The largest absolute Gasteiger partial charge is 0.364 e. The number of epoxide rings is 1. The first-order chi connectivity index (χ1) is 6.86. The Morgan fingerprint density at radius 2 is 2.21 bits per heavy atom. The zero-order valence-electron chi connectivity index (χ0n) is 8.36. The Kier molecular flexibility index (Phi) is 2.56. The van der Waals surface area contributed by atoms with E-state index in [1.165, 1.54) is 12.0 Å². The first kappa shape index (κ1) is 9.30. The van der Waals surface area contributed by atoms with Crippen LogP contribution in [0.1, 0.15) is 37.0 Å². The molecule has 1 aromatic rings. The second-order valence-electron chi connectivity index (χ2n) is 3.62. The molecule has 2 atom stereocenters. The summed E-state index contributed by atoms with van der Waals surface area (Å²) in [4.78, 5) is 0. The Hall–Kier alpha value is -1.26. The van der Waals surface area contributed by atoms with Crippen molar-refractivity contribution in [2.24, 2.45) is 0 Å². The maximum atomic E-state index is 5.59. The first-order valence-electron chi connectivity index (χ1n) is 5.07. The molecule has 0 aromatic heterocycles. The highest BCUT2D eigenvalue weighted by Crippen LogP contribution is 2.42. The lowest BCUT2D eigenvalue weighted by atomic mass is 10.0. The average molecular weight is 186 g/mol. The summed E-state index contributed by atoms with van der Waals surface area (Å²) in [5.41, 5.74) is 2.14. The van der Waals surface area contributed by atoms with E-state index in [2.05, 4.69) is 18.9 Å². The summed E-state index contributed by atoms with van der Waals surface area (Å²) < 4.78 is 5.59. The molecular weight excluding hydrogens is 172 g/mol. The van der Waals surface area contributed by atoms with E-state index < -0.39 is 0 Å². The first-order valence-corrected chi connectivity index (χ1v) is 5.07. The van der Waals surface area contributed by atoms with Crippen LogP contribution in [-0.4, -0.2) is 6.10 Å². The molecule has 2 rings (SSSR count). The fourth-order valence-corrected chi connectivity index (χ4v) is 1.80. The molecule has 72 valence electrons. The molecule has 0 amide bonds. The predicted molar refractivity (Wildman–Crippen MR) is 56.9 cm³/mol. The van der Waals surface area contributed by atoms with Crippen molar-refractivity contribution in [2.45, 2.75) is 32.0 Å². The molecule has 1 nitrogen and oxygen atoms in total. The van der Waals surface area contributed by atoms with Gasteiger partial charge in [0.25, 0.3) is 0 Å². The molecule has 1 aliphatic rings. The molecule has 2 unspecified atom stereocenters. The lowest BCUT2D eigenvalue weighted by molar-refractivity contribution is 0.364. The van der Waals surface area contributed by atoms with E-state index in [-0.39, 0.29) is 6.10 Å². The minimum atomic E-state index is 0.252. The summed E-state index contributed by atoms with van der Waals surface area (Å²) in [5, 5.41) is 0. The van der Waals surface area contributed by atoms with Gasteiger partial charge in [0.2, 0.25) is 0 Å². The zero-order chi connectivity index (χ0) is 9.97. The molecule has 0 saturated carbocycles. The fraction of sp³-hybridized carbons (Fsp3) is 0.385. The van der Waals surface area contributed by atoms with Crippen molar-refractivity contribution < 1.29 is 4.74 Å². The van der Waals surface area contributed by atoms with Gasteiger partial charge in [-0.2, -0.15) is 0 Å². The second kappa shape index (κ2) is 3.86. The minimum absolute atomic E-state index is 0.252. The Bertz CT molecular complexity index is 362. The minimum Gasteiger partial charge on any atom is -0.364 e. The second-order valence-corrected chi connectivity index (χ2v) is 3.62. The SMILES string of the molecule is C#Cc1ccccc1C1OC1CCC. The summed E-state index contributed by atoms with van der Waals surface area (Å²) in [5.74, 6) is 2.70. The van der Waals surface area contributed by atoms with Gasteiger partial charge < -0.3 is 4.74 Å². The highest BCUT2D eigenvalue weighted by Gasteiger charge is 2.39. The van der Waals surface area contributed by atoms with E-state index in [4.69, 9.17) is 11.2 Å². The van der Waals surface area contributed by atoms with Crippen LogP contribution in [0.4, 0.5) is 0 Å². The van der Waals surface area contributed by atoms with Crippen LogP contribution in [0.25, 0.3) is 0 Å². The summed E-state index contributed by atoms with van der Waals surface area (Å²) >= 11 is 0. The van der Waals surface area contributed by atoms with Gasteiger partial charge in [-0.3, -0.25) is 0 Å². The number of hydrogen-bond donors (Lipinski definition) is 0. The number of hydrogen-bond acceptors (Lipinski definition) is 1. The maximum absolute atomic E-state index is 5.59. The molecule has 0 aliphatic carbocycles. The molecule has 14 heavy (non-hydrogen) atoms. The number of benzene rings is 1. The van der Waals surface area contributed by atoms with Crippen LogP contribution in [0.5, 0.6) is 0 Å². The van der Waals surface area contributed by atoms with Crippen molar-refractivity contribution in [3.8, 4) is 12.3 Å². The monoisotopic (exact) mass is 186 g/mol. The van der Waals surface area contributed by atoms with Gasteiger partial charge in [0.15, 0.2) is 0 Å². The lowest BCUT2D eigenvalue weighted by Gasteiger charge is -1.99. The molecule has 1 heterocycles. The number of ether oxygens (including phenoxy) is 1. The molecule has 1 fully saturated rings. The highest BCUT2D eigenvalue weighted by atomic mass is 16.6. The zero-order valence-corrected chi connectivity index (χ0v) is 8.36. The van der Waals surface area contributed by atoms with Crippen LogP contribution < -0.4 is 0 Å². The molecule has 1 aromatic carbocycles. The van der Waals surface area contributed by atoms with Gasteiger partial charge in [-0.05, 0) is 18.1 Å². The molecule has 1 heteroatoms. The number of rotatable bonds is 3. The third-order valence-corrected chi connectivity index (χ3v) is 2.58.